The van der Waals surface area contributed by atoms with Crippen molar-refractivity contribution in [2.45, 2.75) is 148 Å². The number of unbranched alkanes of at least 4 members (excludes halogenated alkanes) is 18. The summed E-state index contributed by atoms with van der Waals surface area (Å²) in [6.07, 6.45) is 25.6. The quantitative estimate of drug-likeness (QED) is 0.104. The summed E-state index contributed by atoms with van der Waals surface area (Å²) in [6.45, 7) is 2.89. The number of nitrogens with zero attached hydrogens (tertiary/aromatic N) is 2. The number of rotatable bonds is 23. The maximum atomic E-state index is 12.5. The largest absolute Gasteiger partial charge is 0.361 e. The Kier molecular flexibility index (Phi) is 15.7. The zero-order chi connectivity index (χ0) is 29.2. The van der Waals surface area contributed by atoms with Crippen LogP contribution in [0.2, 0.25) is 0 Å². The molecule has 0 spiro atoms. The van der Waals surface area contributed by atoms with E-state index in [9.17, 15) is 13.0 Å². The SMILES string of the molecule is CCCCCCCCCCCCCCCCCCCCCC1N(Cc2ccccc2)c2ccccc2N1S(=O)(=O)O. The lowest BCUT2D eigenvalue weighted by Crippen LogP contribution is -2.45. The van der Waals surface area contributed by atoms with Crippen molar-refractivity contribution in [2.24, 2.45) is 0 Å². The minimum Gasteiger partial charge on any atom is -0.344 e. The van der Waals surface area contributed by atoms with Crippen LogP contribution < -0.4 is 9.21 Å². The summed E-state index contributed by atoms with van der Waals surface area (Å²) < 4.78 is 36.3. The molecule has 0 radical (unpaired) electrons. The summed E-state index contributed by atoms with van der Waals surface area (Å²) in [5, 5.41) is 0. The Morgan fingerprint density at radius 1 is 0.585 bits per heavy atom. The van der Waals surface area contributed by atoms with Gasteiger partial charge in [0.1, 0.15) is 6.17 Å². The van der Waals surface area contributed by atoms with Crippen molar-refractivity contribution in [3.63, 3.8) is 0 Å². The maximum Gasteiger partial charge on any atom is 0.361 e. The predicted molar refractivity (Wildman–Crippen MR) is 175 cm³/mol. The summed E-state index contributed by atoms with van der Waals surface area (Å²) in [5.74, 6) is 0. The molecular formula is C35H56N2O3S. The molecule has 0 fully saturated rings. The molecule has 6 heteroatoms. The fourth-order valence-electron chi connectivity index (χ4n) is 6.27. The molecule has 0 bridgehead atoms. The molecule has 1 N–H and O–H groups in total. The van der Waals surface area contributed by atoms with Gasteiger partial charge in [-0.1, -0.05) is 165 Å². The Morgan fingerprint density at radius 3 is 1.46 bits per heavy atom. The Morgan fingerprint density at radius 2 is 1.00 bits per heavy atom. The number of para-hydroxylation sites is 2. The number of hydrogen-bond acceptors (Lipinski definition) is 3. The molecule has 230 valence electrons. The second kappa shape index (κ2) is 19.2. The fourth-order valence-corrected chi connectivity index (χ4v) is 7.20. The molecule has 41 heavy (non-hydrogen) atoms. The van der Waals surface area contributed by atoms with Crippen molar-refractivity contribution in [2.75, 3.05) is 9.21 Å². The lowest BCUT2D eigenvalue weighted by atomic mass is 10.0. The molecule has 1 aliphatic heterocycles. The predicted octanol–water partition coefficient (Wildman–Crippen LogP) is 10.5. The second-order valence-electron chi connectivity index (χ2n) is 12.0. The van der Waals surface area contributed by atoms with E-state index in [1.165, 1.54) is 113 Å². The highest BCUT2D eigenvalue weighted by Crippen LogP contribution is 2.43. The van der Waals surface area contributed by atoms with Crippen molar-refractivity contribution in [3.8, 4) is 0 Å². The first-order valence-corrected chi connectivity index (χ1v) is 18.1. The van der Waals surface area contributed by atoms with Gasteiger partial charge in [-0.3, -0.25) is 4.55 Å². The van der Waals surface area contributed by atoms with E-state index in [4.69, 9.17) is 0 Å². The van der Waals surface area contributed by atoms with Crippen LogP contribution in [0, 0.1) is 0 Å². The lowest BCUT2D eigenvalue weighted by molar-refractivity contribution is 0.456. The smallest absolute Gasteiger partial charge is 0.344 e. The first-order chi connectivity index (χ1) is 20.0. The van der Waals surface area contributed by atoms with Crippen molar-refractivity contribution >= 4 is 21.7 Å². The second-order valence-corrected chi connectivity index (χ2v) is 13.3. The fraction of sp³-hybridized carbons (Fsp3) is 0.657. The third kappa shape index (κ3) is 12.0. The zero-order valence-corrected chi connectivity index (χ0v) is 26.5. The summed E-state index contributed by atoms with van der Waals surface area (Å²) in [7, 11) is -4.37. The van der Waals surface area contributed by atoms with E-state index in [2.05, 4.69) is 24.0 Å². The topological polar surface area (TPSA) is 60.9 Å². The molecule has 0 aromatic heterocycles. The molecule has 2 aromatic carbocycles. The van der Waals surface area contributed by atoms with Crippen molar-refractivity contribution in [3.05, 3.63) is 60.2 Å². The first kappa shape index (κ1) is 33.5. The van der Waals surface area contributed by atoms with Crippen LogP contribution in [0.5, 0.6) is 0 Å². The Balaban J connectivity index is 1.28. The van der Waals surface area contributed by atoms with Crippen LogP contribution in [-0.4, -0.2) is 19.1 Å². The van der Waals surface area contributed by atoms with Crippen LogP contribution >= 0.6 is 0 Å². The van der Waals surface area contributed by atoms with Gasteiger partial charge in [-0.25, -0.2) is 4.31 Å². The van der Waals surface area contributed by atoms with Gasteiger partial charge in [0.15, 0.2) is 0 Å². The molecule has 0 saturated carbocycles. The zero-order valence-electron chi connectivity index (χ0n) is 25.7. The summed E-state index contributed by atoms with van der Waals surface area (Å²) in [5.41, 5.74) is 2.54. The minimum absolute atomic E-state index is 0.409. The van der Waals surface area contributed by atoms with Crippen LogP contribution in [0.3, 0.4) is 0 Å². The van der Waals surface area contributed by atoms with Gasteiger partial charge in [-0.15, -0.1) is 0 Å². The van der Waals surface area contributed by atoms with Crippen molar-refractivity contribution < 1.29 is 13.0 Å². The van der Waals surface area contributed by atoms with Crippen LogP contribution in [0.4, 0.5) is 11.4 Å². The molecule has 0 saturated heterocycles. The number of anilines is 2. The molecular weight excluding hydrogens is 528 g/mol. The van der Waals surface area contributed by atoms with Gasteiger partial charge in [0.2, 0.25) is 0 Å². The third-order valence-corrected chi connectivity index (χ3v) is 9.51. The Bertz CT molecular complexity index is 1060. The maximum absolute atomic E-state index is 12.5. The lowest BCUT2D eigenvalue weighted by Gasteiger charge is -2.31. The van der Waals surface area contributed by atoms with Gasteiger partial charge < -0.3 is 4.90 Å². The Hall–Kier alpha value is -2.05. The van der Waals surface area contributed by atoms with E-state index in [0.717, 1.165) is 24.1 Å². The van der Waals surface area contributed by atoms with Gasteiger partial charge in [-0.05, 0) is 30.5 Å². The number of fused-ring (bicyclic) bond motifs is 1. The third-order valence-electron chi connectivity index (χ3n) is 8.57. The molecule has 2 aromatic rings. The van der Waals surface area contributed by atoms with Crippen LogP contribution in [0.1, 0.15) is 141 Å². The monoisotopic (exact) mass is 584 g/mol. The molecule has 1 aliphatic rings. The molecule has 3 rings (SSSR count). The van der Waals surface area contributed by atoms with Crippen molar-refractivity contribution in [1.29, 1.82) is 0 Å². The normalized spacial score (nSPS) is 15.0. The van der Waals surface area contributed by atoms with Gasteiger partial charge in [0.05, 0.1) is 11.4 Å². The summed E-state index contributed by atoms with van der Waals surface area (Å²) in [4.78, 5) is 2.13. The standard InChI is InChI=1S/C35H56N2O3S/c1-2-3-4-5-6-7-8-9-10-11-12-13-14-15-16-17-18-19-23-30-35-36(31-32-26-21-20-22-27-32)33-28-24-25-29-34(33)37(35)41(38,39)40/h20-22,24-29,35H,2-19,23,30-31H2,1H3,(H,38,39,40). The van der Waals surface area contributed by atoms with E-state index < -0.39 is 16.5 Å². The average Bonchev–Trinajstić information content (AvgIpc) is 3.28. The molecule has 0 aliphatic carbocycles. The van der Waals surface area contributed by atoms with Crippen LogP contribution in [-0.2, 0) is 16.8 Å². The molecule has 1 heterocycles. The van der Waals surface area contributed by atoms with Crippen molar-refractivity contribution in [1.82, 2.24) is 0 Å². The van der Waals surface area contributed by atoms with E-state index >= 15 is 0 Å². The highest BCUT2D eigenvalue weighted by molar-refractivity contribution is 7.87. The highest BCUT2D eigenvalue weighted by atomic mass is 32.2. The molecule has 1 unspecified atom stereocenters. The summed E-state index contributed by atoms with van der Waals surface area (Å²) in [6, 6.07) is 17.6. The summed E-state index contributed by atoms with van der Waals surface area (Å²) >= 11 is 0. The van der Waals surface area contributed by atoms with E-state index in [-0.39, 0.29) is 0 Å². The number of benzene rings is 2. The molecule has 1 atom stereocenters. The van der Waals surface area contributed by atoms with Gasteiger partial charge >= 0.3 is 10.3 Å². The average molecular weight is 585 g/mol. The van der Waals surface area contributed by atoms with Gasteiger partial charge in [0.25, 0.3) is 0 Å². The number of hydrogen-bond donors (Lipinski definition) is 1. The molecule has 0 amide bonds. The van der Waals surface area contributed by atoms with E-state index in [1.807, 2.05) is 36.4 Å². The molecule has 5 nitrogen and oxygen atoms in total. The highest BCUT2D eigenvalue weighted by Gasteiger charge is 2.41. The van der Waals surface area contributed by atoms with Gasteiger partial charge in [-0.2, -0.15) is 8.42 Å². The van der Waals surface area contributed by atoms with E-state index in [1.54, 1.807) is 6.07 Å². The first-order valence-electron chi connectivity index (χ1n) is 16.7. The van der Waals surface area contributed by atoms with Crippen LogP contribution in [0.25, 0.3) is 0 Å². The van der Waals surface area contributed by atoms with Gasteiger partial charge in [0, 0.05) is 6.54 Å². The minimum atomic E-state index is -4.37. The Labute approximate surface area is 251 Å². The van der Waals surface area contributed by atoms with E-state index in [0.29, 0.717) is 18.7 Å². The van der Waals surface area contributed by atoms with Crippen LogP contribution in [0.15, 0.2) is 54.6 Å².